The number of hydrogen-bond donors (Lipinski definition) is 4. The first-order valence-corrected chi connectivity index (χ1v) is 11.2. The van der Waals surface area contributed by atoms with Crippen molar-refractivity contribution in [2.75, 3.05) is 13.2 Å². The van der Waals surface area contributed by atoms with Crippen molar-refractivity contribution >= 4 is 18.0 Å². The second kappa shape index (κ2) is 10.0. The van der Waals surface area contributed by atoms with Crippen molar-refractivity contribution in [2.45, 2.75) is 43.7 Å². The summed E-state index contributed by atoms with van der Waals surface area (Å²) in [7, 11) is 0. The van der Waals surface area contributed by atoms with Crippen molar-refractivity contribution < 1.29 is 29.3 Å². The van der Waals surface area contributed by atoms with E-state index in [4.69, 9.17) is 9.84 Å². The Labute approximate surface area is 192 Å². The van der Waals surface area contributed by atoms with Gasteiger partial charge in [0.2, 0.25) is 5.91 Å². The average Bonchev–Trinajstić information content (AvgIpc) is 3.08. The number of aliphatic carboxylic acids is 1. The molecule has 2 aromatic rings. The molecule has 0 saturated heterocycles. The summed E-state index contributed by atoms with van der Waals surface area (Å²) >= 11 is 0. The molecule has 2 aromatic carbocycles. The second-order valence-corrected chi connectivity index (χ2v) is 8.63. The van der Waals surface area contributed by atoms with E-state index in [0.717, 1.165) is 41.5 Å². The molecule has 0 spiro atoms. The number of amides is 2. The van der Waals surface area contributed by atoms with Crippen LogP contribution in [0.15, 0.2) is 48.5 Å². The summed E-state index contributed by atoms with van der Waals surface area (Å²) in [5.41, 5.74) is 4.54. The van der Waals surface area contributed by atoms with Crippen LogP contribution in [-0.2, 0) is 14.3 Å². The van der Waals surface area contributed by atoms with Crippen LogP contribution in [-0.4, -0.2) is 53.5 Å². The van der Waals surface area contributed by atoms with Crippen molar-refractivity contribution in [3.05, 3.63) is 59.7 Å². The lowest BCUT2D eigenvalue weighted by Gasteiger charge is -2.33. The largest absolute Gasteiger partial charge is 0.479 e. The highest BCUT2D eigenvalue weighted by Gasteiger charge is 2.32. The van der Waals surface area contributed by atoms with Gasteiger partial charge in [-0.05, 0) is 41.0 Å². The standard InChI is InChI=1S/C25H28N2O6/c28-22(24(30)31)13-26-23(29)12-21(15-6-5-7-15)27-25(32)33-14-20-18-10-3-1-8-16(18)17-9-2-4-11-19(17)20/h1-4,8-11,15,20-22,28H,5-7,12-14H2,(H,26,29)(H,27,32)(H,30,31)/t21?,22-/m0/s1. The predicted octanol–water partition coefficient (Wildman–Crippen LogP) is 2.65. The van der Waals surface area contributed by atoms with Crippen molar-refractivity contribution in [2.24, 2.45) is 5.92 Å². The average molecular weight is 453 g/mol. The molecule has 0 aromatic heterocycles. The van der Waals surface area contributed by atoms with Gasteiger partial charge in [-0.2, -0.15) is 0 Å². The quantitative estimate of drug-likeness (QED) is 0.464. The maximum atomic E-state index is 12.6. The zero-order chi connectivity index (χ0) is 23.4. The van der Waals surface area contributed by atoms with Crippen LogP contribution in [0.5, 0.6) is 0 Å². The van der Waals surface area contributed by atoms with Crippen molar-refractivity contribution in [3.8, 4) is 11.1 Å². The molecule has 1 unspecified atom stereocenters. The molecule has 8 heteroatoms. The van der Waals surface area contributed by atoms with Crippen LogP contribution in [0.25, 0.3) is 11.1 Å². The SMILES string of the molecule is O=C(CC(NC(=O)OCC1c2ccccc2-c2ccccc21)C1CCC1)NC[C@H](O)C(=O)O. The van der Waals surface area contributed by atoms with E-state index in [2.05, 4.69) is 22.8 Å². The van der Waals surface area contributed by atoms with Crippen LogP contribution in [0.4, 0.5) is 4.79 Å². The zero-order valence-corrected chi connectivity index (χ0v) is 18.2. The minimum absolute atomic E-state index is 0.00119. The Bertz CT molecular complexity index is 990. The lowest BCUT2D eigenvalue weighted by Crippen LogP contribution is -2.47. The first-order valence-electron chi connectivity index (χ1n) is 11.2. The van der Waals surface area contributed by atoms with Crippen LogP contribution < -0.4 is 10.6 Å². The maximum absolute atomic E-state index is 12.6. The third-order valence-electron chi connectivity index (χ3n) is 6.55. The number of nitrogens with one attached hydrogen (secondary N) is 2. The van der Waals surface area contributed by atoms with E-state index in [-0.39, 0.29) is 31.4 Å². The van der Waals surface area contributed by atoms with Crippen molar-refractivity contribution in [1.29, 1.82) is 0 Å². The molecular weight excluding hydrogens is 424 g/mol. The minimum Gasteiger partial charge on any atom is -0.479 e. The number of ether oxygens (including phenoxy) is 1. The van der Waals surface area contributed by atoms with Crippen LogP contribution in [0.2, 0.25) is 0 Å². The van der Waals surface area contributed by atoms with Crippen LogP contribution in [0.1, 0.15) is 42.7 Å². The number of hydrogen-bond acceptors (Lipinski definition) is 5. The third kappa shape index (κ3) is 5.17. The Morgan fingerprint density at radius 2 is 1.61 bits per heavy atom. The molecule has 0 heterocycles. The number of carbonyl (C=O) groups is 3. The summed E-state index contributed by atoms with van der Waals surface area (Å²) in [6.07, 6.45) is 0.602. The molecule has 4 rings (SSSR count). The van der Waals surface area contributed by atoms with E-state index in [1.54, 1.807) is 0 Å². The Balaban J connectivity index is 1.35. The number of aliphatic hydroxyl groups is 1. The Hall–Kier alpha value is -3.39. The summed E-state index contributed by atoms with van der Waals surface area (Å²) in [6, 6.07) is 15.8. The molecule has 2 atom stereocenters. The third-order valence-corrected chi connectivity index (χ3v) is 6.55. The molecule has 2 aliphatic rings. The fourth-order valence-electron chi connectivity index (χ4n) is 4.54. The van der Waals surface area contributed by atoms with E-state index in [9.17, 15) is 19.5 Å². The molecule has 2 aliphatic carbocycles. The highest BCUT2D eigenvalue weighted by molar-refractivity contribution is 5.80. The fraction of sp³-hybridized carbons (Fsp3) is 0.400. The number of carboxylic acids is 1. The predicted molar refractivity (Wildman–Crippen MR) is 121 cm³/mol. The molecular formula is C25H28N2O6. The first kappa shape index (κ1) is 22.8. The number of fused-ring (bicyclic) bond motifs is 3. The molecule has 8 nitrogen and oxygen atoms in total. The fourth-order valence-corrected chi connectivity index (χ4v) is 4.54. The van der Waals surface area contributed by atoms with E-state index in [1.165, 1.54) is 0 Å². The summed E-state index contributed by atoms with van der Waals surface area (Å²) in [6.45, 7) is -0.190. The van der Waals surface area contributed by atoms with E-state index in [0.29, 0.717) is 0 Å². The molecule has 0 radical (unpaired) electrons. The Morgan fingerprint density at radius 3 is 2.15 bits per heavy atom. The zero-order valence-electron chi connectivity index (χ0n) is 18.2. The smallest absolute Gasteiger partial charge is 0.407 e. The second-order valence-electron chi connectivity index (χ2n) is 8.63. The van der Waals surface area contributed by atoms with Crippen LogP contribution in [0, 0.1) is 5.92 Å². The minimum atomic E-state index is -1.66. The van der Waals surface area contributed by atoms with Gasteiger partial charge in [-0.3, -0.25) is 4.79 Å². The van der Waals surface area contributed by atoms with Gasteiger partial charge in [-0.15, -0.1) is 0 Å². The number of benzene rings is 2. The molecule has 0 bridgehead atoms. The van der Waals surface area contributed by atoms with Crippen LogP contribution >= 0.6 is 0 Å². The monoisotopic (exact) mass is 452 g/mol. The van der Waals surface area contributed by atoms with Gasteiger partial charge in [0.25, 0.3) is 0 Å². The first-order chi connectivity index (χ1) is 15.9. The van der Waals surface area contributed by atoms with E-state index in [1.807, 2.05) is 36.4 Å². The van der Waals surface area contributed by atoms with Gasteiger partial charge in [0, 0.05) is 18.4 Å². The van der Waals surface area contributed by atoms with Gasteiger partial charge in [0.1, 0.15) is 6.61 Å². The van der Waals surface area contributed by atoms with Crippen LogP contribution in [0.3, 0.4) is 0 Å². The molecule has 1 saturated carbocycles. The van der Waals surface area contributed by atoms with Gasteiger partial charge < -0.3 is 25.6 Å². The van der Waals surface area contributed by atoms with Gasteiger partial charge in [-0.1, -0.05) is 55.0 Å². The number of aliphatic hydroxyl groups excluding tert-OH is 1. The van der Waals surface area contributed by atoms with Gasteiger partial charge >= 0.3 is 12.1 Å². The van der Waals surface area contributed by atoms with Gasteiger partial charge in [0.15, 0.2) is 6.10 Å². The lowest BCUT2D eigenvalue weighted by molar-refractivity contribution is -0.146. The number of carboxylic acid groups (broad SMARTS) is 1. The number of carbonyl (C=O) groups excluding carboxylic acids is 2. The summed E-state index contributed by atoms with van der Waals surface area (Å²) in [5, 5.41) is 23.3. The maximum Gasteiger partial charge on any atom is 0.407 e. The normalized spacial score (nSPS) is 16.6. The van der Waals surface area contributed by atoms with E-state index < -0.39 is 30.1 Å². The Kier molecular flexibility index (Phi) is 6.93. The van der Waals surface area contributed by atoms with Crippen molar-refractivity contribution in [3.63, 3.8) is 0 Å². The molecule has 1 fully saturated rings. The topological polar surface area (TPSA) is 125 Å². The number of alkyl carbamates (subject to hydrolysis) is 1. The van der Waals surface area contributed by atoms with E-state index >= 15 is 0 Å². The van der Waals surface area contributed by atoms with Gasteiger partial charge in [-0.25, -0.2) is 9.59 Å². The molecule has 174 valence electrons. The summed E-state index contributed by atoms with van der Waals surface area (Å²) in [4.78, 5) is 35.6. The molecule has 33 heavy (non-hydrogen) atoms. The Morgan fingerprint density at radius 1 is 1.00 bits per heavy atom. The van der Waals surface area contributed by atoms with Gasteiger partial charge in [0.05, 0.1) is 6.54 Å². The lowest BCUT2D eigenvalue weighted by atomic mass is 9.78. The summed E-state index contributed by atoms with van der Waals surface area (Å²) < 4.78 is 5.60. The highest BCUT2D eigenvalue weighted by Crippen LogP contribution is 2.44. The molecule has 4 N–H and O–H groups in total. The number of rotatable bonds is 9. The molecule has 2 amide bonds. The molecule has 0 aliphatic heterocycles. The van der Waals surface area contributed by atoms with Crippen molar-refractivity contribution in [1.82, 2.24) is 10.6 Å². The summed E-state index contributed by atoms with van der Waals surface area (Å²) in [5.74, 6) is -1.71. The highest BCUT2D eigenvalue weighted by atomic mass is 16.5.